The molecule has 0 aromatic rings. The SMILES string of the molecule is CCCCCCCCCCCCCCCCN[C@@H](CC(=O)O)C(=O)N[C@@H](CCC(=O)O)C(=O)O. The first kappa shape index (κ1) is 31.8. The van der Waals surface area contributed by atoms with Gasteiger partial charge < -0.3 is 26.0 Å². The molecule has 0 spiro atoms. The second-order valence-electron chi connectivity index (χ2n) is 9.03. The van der Waals surface area contributed by atoms with Crippen LogP contribution in [0, 0.1) is 0 Å². The molecule has 198 valence electrons. The first-order valence-electron chi connectivity index (χ1n) is 13.0. The normalized spacial score (nSPS) is 12.7. The van der Waals surface area contributed by atoms with Crippen LogP contribution in [0.25, 0.3) is 0 Å². The Bertz CT molecular complexity index is 584. The molecule has 9 heteroatoms. The fourth-order valence-corrected chi connectivity index (χ4v) is 3.83. The van der Waals surface area contributed by atoms with Gasteiger partial charge in [-0.1, -0.05) is 90.4 Å². The summed E-state index contributed by atoms with van der Waals surface area (Å²) in [6.45, 7) is 2.69. The third kappa shape index (κ3) is 19.3. The minimum atomic E-state index is -1.37. The molecule has 0 unspecified atom stereocenters. The summed E-state index contributed by atoms with van der Waals surface area (Å²) in [5.74, 6) is -4.44. The number of rotatable bonds is 24. The summed E-state index contributed by atoms with van der Waals surface area (Å²) in [7, 11) is 0. The van der Waals surface area contributed by atoms with E-state index in [-0.39, 0.29) is 6.42 Å². The Morgan fingerprint density at radius 1 is 0.647 bits per heavy atom. The quantitative estimate of drug-likeness (QED) is 0.126. The summed E-state index contributed by atoms with van der Waals surface area (Å²) >= 11 is 0. The van der Waals surface area contributed by atoms with Crippen LogP contribution in [0.3, 0.4) is 0 Å². The highest BCUT2D eigenvalue weighted by molar-refractivity contribution is 5.89. The second kappa shape index (κ2) is 21.4. The lowest BCUT2D eigenvalue weighted by molar-refractivity contribution is -0.143. The number of amides is 1. The van der Waals surface area contributed by atoms with Crippen LogP contribution < -0.4 is 10.6 Å². The van der Waals surface area contributed by atoms with Crippen LogP contribution in [0.4, 0.5) is 0 Å². The van der Waals surface area contributed by atoms with Gasteiger partial charge in [0.15, 0.2) is 0 Å². The fraction of sp³-hybridized carbons (Fsp3) is 0.840. The number of carbonyl (C=O) groups excluding carboxylic acids is 1. The Morgan fingerprint density at radius 3 is 1.53 bits per heavy atom. The van der Waals surface area contributed by atoms with Gasteiger partial charge in [0, 0.05) is 6.42 Å². The molecule has 0 fully saturated rings. The molecule has 0 heterocycles. The molecule has 0 aliphatic carbocycles. The van der Waals surface area contributed by atoms with Gasteiger partial charge in [0.05, 0.1) is 12.5 Å². The molecule has 0 saturated carbocycles. The van der Waals surface area contributed by atoms with Crippen molar-refractivity contribution in [3.05, 3.63) is 0 Å². The van der Waals surface area contributed by atoms with Gasteiger partial charge >= 0.3 is 17.9 Å². The number of hydrogen-bond donors (Lipinski definition) is 5. The van der Waals surface area contributed by atoms with Crippen molar-refractivity contribution in [3.8, 4) is 0 Å². The van der Waals surface area contributed by atoms with Gasteiger partial charge in [0.1, 0.15) is 6.04 Å². The number of aliphatic carboxylic acids is 3. The van der Waals surface area contributed by atoms with Crippen LogP contribution >= 0.6 is 0 Å². The molecule has 0 saturated heterocycles. The average Bonchev–Trinajstić information content (AvgIpc) is 2.77. The summed E-state index contributed by atoms with van der Waals surface area (Å²) in [6.07, 6.45) is 16.0. The number of nitrogens with one attached hydrogen (secondary N) is 2. The maximum Gasteiger partial charge on any atom is 0.326 e. The van der Waals surface area contributed by atoms with E-state index in [0.717, 1.165) is 19.3 Å². The fourth-order valence-electron chi connectivity index (χ4n) is 3.83. The number of hydrogen-bond acceptors (Lipinski definition) is 5. The number of carboxylic acid groups (broad SMARTS) is 3. The third-order valence-corrected chi connectivity index (χ3v) is 5.88. The zero-order valence-electron chi connectivity index (χ0n) is 20.9. The van der Waals surface area contributed by atoms with Gasteiger partial charge in [-0.15, -0.1) is 0 Å². The second-order valence-corrected chi connectivity index (χ2v) is 9.03. The lowest BCUT2D eigenvalue weighted by Gasteiger charge is -2.20. The lowest BCUT2D eigenvalue weighted by atomic mass is 10.0. The Balaban J connectivity index is 3.99. The summed E-state index contributed by atoms with van der Waals surface area (Å²) in [6, 6.07) is -2.44. The standard InChI is InChI=1S/C25H46N2O7/c1-2-3-4-5-6-7-8-9-10-11-12-13-14-15-18-26-21(19-23(30)31)24(32)27-20(25(33)34)16-17-22(28)29/h20-21,26H,2-19H2,1H3,(H,27,32)(H,28,29)(H,30,31)(H,33,34)/t20-,21-/m0/s1. The molecule has 0 radical (unpaired) electrons. The molecule has 9 nitrogen and oxygen atoms in total. The number of carboxylic acids is 3. The van der Waals surface area contributed by atoms with Crippen LogP contribution in [0.1, 0.15) is 116 Å². The summed E-state index contributed by atoms with van der Waals surface area (Å²) in [4.78, 5) is 45.4. The first-order chi connectivity index (χ1) is 16.3. The van der Waals surface area contributed by atoms with E-state index < -0.39 is 48.7 Å². The van der Waals surface area contributed by atoms with E-state index in [1.54, 1.807) is 0 Å². The van der Waals surface area contributed by atoms with Crippen LogP contribution in [0.2, 0.25) is 0 Å². The smallest absolute Gasteiger partial charge is 0.326 e. The molecule has 0 aromatic heterocycles. The first-order valence-corrected chi connectivity index (χ1v) is 13.0. The van der Waals surface area contributed by atoms with Gasteiger partial charge in [-0.2, -0.15) is 0 Å². The zero-order chi connectivity index (χ0) is 25.6. The highest BCUT2D eigenvalue weighted by Crippen LogP contribution is 2.13. The third-order valence-electron chi connectivity index (χ3n) is 5.88. The van der Waals surface area contributed by atoms with Crippen molar-refractivity contribution < 1.29 is 34.5 Å². The molecular formula is C25H46N2O7. The zero-order valence-corrected chi connectivity index (χ0v) is 20.9. The predicted molar refractivity (Wildman–Crippen MR) is 131 cm³/mol. The molecule has 0 aliphatic rings. The van der Waals surface area contributed by atoms with Crippen LogP contribution in [-0.2, 0) is 19.2 Å². The van der Waals surface area contributed by atoms with Crippen molar-refractivity contribution in [1.29, 1.82) is 0 Å². The molecule has 2 atom stereocenters. The summed E-state index contributed by atoms with van der Waals surface area (Å²) in [5, 5.41) is 32.1. The van der Waals surface area contributed by atoms with Gasteiger partial charge in [-0.05, 0) is 19.4 Å². The maximum absolute atomic E-state index is 12.4. The molecule has 0 aliphatic heterocycles. The summed E-state index contributed by atoms with van der Waals surface area (Å²) in [5.41, 5.74) is 0. The monoisotopic (exact) mass is 486 g/mol. The Labute approximate surface area is 204 Å². The molecule has 5 N–H and O–H groups in total. The van der Waals surface area contributed by atoms with E-state index in [9.17, 15) is 24.3 Å². The van der Waals surface area contributed by atoms with Crippen LogP contribution in [0.15, 0.2) is 0 Å². The average molecular weight is 487 g/mol. The molecule has 1 amide bonds. The van der Waals surface area contributed by atoms with E-state index in [2.05, 4.69) is 17.6 Å². The molecule has 0 rings (SSSR count). The van der Waals surface area contributed by atoms with E-state index in [1.807, 2.05) is 0 Å². The van der Waals surface area contributed by atoms with Crippen LogP contribution in [0.5, 0.6) is 0 Å². The maximum atomic E-state index is 12.4. The van der Waals surface area contributed by atoms with Gasteiger partial charge in [0.2, 0.25) is 5.91 Å². The predicted octanol–water partition coefficient (Wildman–Crippen LogP) is 4.33. The Hall–Kier alpha value is -2.16. The van der Waals surface area contributed by atoms with E-state index in [0.29, 0.717) is 6.54 Å². The van der Waals surface area contributed by atoms with Crippen molar-refractivity contribution in [2.45, 2.75) is 128 Å². The van der Waals surface area contributed by atoms with Crippen molar-refractivity contribution in [3.63, 3.8) is 0 Å². The van der Waals surface area contributed by atoms with Crippen molar-refractivity contribution in [1.82, 2.24) is 10.6 Å². The van der Waals surface area contributed by atoms with E-state index >= 15 is 0 Å². The minimum Gasteiger partial charge on any atom is -0.481 e. The van der Waals surface area contributed by atoms with E-state index in [4.69, 9.17) is 10.2 Å². The highest BCUT2D eigenvalue weighted by Gasteiger charge is 2.27. The molecule has 0 bridgehead atoms. The van der Waals surface area contributed by atoms with Gasteiger partial charge in [-0.3, -0.25) is 14.4 Å². The topological polar surface area (TPSA) is 153 Å². The van der Waals surface area contributed by atoms with Crippen LogP contribution in [-0.4, -0.2) is 57.8 Å². The Morgan fingerprint density at radius 2 is 1.12 bits per heavy atom. The lowest BCUT2D eigenvalue weighted by Crippen LogP contribution is -2.51. The number of carbonyl (C=O) groups is 4. The van der Waals surface area contributed by atoms with Gasteiger partial charge in [0.25, 0.3) is 0 Å². The number of unbranched alkanes of at least 4 members (excludes halogenated alkanes) is 13. The Kier molecular flexibility index (Phi) is 20.0. The van der Waals surface area contributed by atoms with Crippen molar-refractivity contribution in [2.24, 2.45) is 0 Å². The minimum absolute atomic E-state index is 0.269. The van der Waals surface area contributed by atoms with Gasteiger partial charge in [-0.25, -0.2) is 4.79 Å². The molecule has 34 heavy (non-hydrogen) atoms. The molecular weight excluding hydrogens is 440 g/mol. The van der Waals surface area contributed by atoms with E-state index in [1.165, 1.54) is 70.6 Å². The highest BCUT2D eigenvalue weighted by atomic mass is 16.4. The van der Waals surface area contributed by atoms with Crippen molar-refractivity contribution >= 4 is 23.8 Å². The summed E-state index contributed by atoms with van der Waals surface area (Å²) < 4.78 is 0. The van der Waals surface area contributed by atoms with Crippen molar-refractivity contribution in [2.75, 3.05) is 6.54 Å². The largest absolute Gasteiger partial charge is 0.481 e. The molecule has 0 aromatic carbocycles.